The molecule has 2 rings (SSSR count). The molecule has 1 saturated heterocycles. The van der Waals surface area contributed by atoms with Crippen molar-refractivity contribution in [1.82, 2.24) is 4.90 Å². The zero-order valence-corrected chi connectivity index (χ0v) is 11.3. The lowest BCUT2D eigenvalue weighted by atomic mass is 10.1. The number of ketones is 1. The summed E-state index contributed by atoms with van der Waals surface area (Å²) in [6.45, 7) is -0.134. The normalized spacial score (nSPS) is 16.4. The monoisotopic (exact) mass is 315 g/mol. The van der Waals surface area contributed by atoms with E-state index >= 15 is 0 Å². The van der Waals surface area contributed by atoms with Gasteiger partial charge in [0.1, 0.15) is 0 Å². The number of carbonyl (C=O) groups excluding carboxylic acids is 3. The van der Waals surface area contributed by atoms with Crippen molar-refractivity contribution in [1.29, 1.82) is 0 Å². The van der Waals surface area contributed by atoms with Crippen LogP contribution in [0, 0.1) is 0 Å². The van der Waals surface area contributed by atoms with Gasteiger partial charge in [-0.05, 0) is 34.5 Å². The van der Waals surface area contributed by atoms with Crippen molar-refractivity contribution in [3.8, 4) is 0 Å². The molecule has 0 bridgehead atoms. The van der Waals surface area contributed by atoms with Gasteiger partial charge < -0.3 is 0 Å². The second-order valence-corrected chi connectivity index (χ2v) is 6.22. The predicted molar refractivity (Wildman–Crippen MR) is 66.9 cm³/mol. The topological polar surface area (TPSA) is 54.5 Å². The Labute approximate surface area is 111 Å². The fourth-order valence-corrected chi connectivity index (χ4v) is 2.98. The van der Waals surface area contributed by atoms with E-state index in [0.717, 1.165) is 8.69 Å². The number of hydrogen-bond donors (Lipinski definition) is 0. The minimum Gasteiger partial charge on any atom is -0.291 e. The molecule has 17 heavy (non-hydrogen) atoms. The molecule has 0 unspecified atom stereocenters. The molecule has 0 spiro atoms. The molecular formula is C11H10BrNO3S. The summed E-state index contributed by atoms with van der Waals surface area (Å²) in [6, 6.07) is 3.47. The Morgan fingerprint density at radius 2 is 1.94 bits per heavy atom. The molecule has 0 aromatic carbocycles. The van der Waals surface area contributed by atoms with Gasteiger partial charge in [0.05, 0.1) is 15.2 Å². The smallest absolute Gasteiger partial charge is 0.229 e. The van der Waals surface area contributed by atoms with Crippen LogP contribution in [0.5, 0.6) is 0 Å². The molecule has 1 aliphatic heterocycles. The Balaban J connectivity index is 2.07. The quantitative estimate of drug-likeness (QED) is 0.635. The Morgan fingerprint density at radius 1 is 1.29 bits per heavy atom. The summed E-state index contributed by atoms with van der Waals surface area (Å²) in [5.74, 6) is -0.681. The lowest BCUT2D eigenvalue weighted by Crippen LogP contribution is -2.43. The Hall–Kier alpha value is -1.01. The predicted octanol–water partition coefficient (Wildman–Crippen LogP) is 2.23. The third-order valence-electron chi connectivity index (χ3n) is 2.53. The Bertz CT molecular complexity index is 467. The van der Waals surface area contributed by atoms with Crippen LogP contribution in [0.2, 0.25) is 0 Å². The third kappa shape index (κ3) is 2.81. The van der Waals surface area contributed by atoms with Crippen LogP contribution in [0.1, 0.15) is 28.9 Å². The van der Waals surface area contributed by atoms with Gasteiger partial charge >= 0.3 is 0 Å². The summed E-state index contributed by atoms with van der Waals surface area (Å²) in [5.41, 5.74) is 0. The van der Waals surface area contributed by atoms with Crippen LogP contribution in [-0.2, 0) is 9.59 Å². The van der Waals surface area contributed by atoms with E-state index in [1.54, 1.807) is 12.1 Å². The summed E-state index contributed by atoms with van der Waals surface area (Å²) in [6.07, 6.45) is 1.30. The van der Waals surface area contributed by atoms with E-state index in [-0.39, 0.29) is 24.1 Å². The van der Waals surface area contributed by atoms with Crippen LogP contribution < -0.4 is 0 Å². The van der Waals surface area contributed by atoms with Crippen LogP contribution in [0.4, 0.5) is 0 Å². The molecule has 1 aliphatic rings. The van der Waals surface area contributed by atoms with Crippen molar-refractivity contribution in [2.45, 2.75) is 19.3 Å². The lowest BCUT2D eigenvalue weighted by molar-refractivity contribution is -0.147. The summed E-state index contributed by atoms with van der Waals surface area (Å²) in [4.78, 5) is 36.5. The lowest BCUT2D eigenvalue weighted by Gasteiger charge is -2.23. The largest absolute Gasteiger partial charge is 0.291 e. The van der Waals surface area contributed by atoms with Gasteiger partial charge in [0.2, 0.25) is 11.8 Å². The molecule has 90 valence electrons. The summed E-state index contributed by atoms with van der Waals surface area (Å²) < 4.78 is 0.858. The van der Waals surface area contributed by atoms with E-state index in [9.17, 15) is 14.4 Å². The minimum absolute atomic E-state index is 0.134. The molecule has 1 aromatic heterocycles. The second kappa shape index (κ2) is 5.10. The fraction of sp³-hybridized carbons (Fsp3) is 0.364. The highest BCUT2D eigenvalue weighted by atomic mass is 79.9. The highest BCUT2D eigenvalue weighted by Crippen LogP contribution is 2.23. The zero-order chi connectivity index (χ0) is 12.4. The van der Waals surface area contributed by atoms with Gasteiger partial charge in [-0.2, -0.15) is 0 Å². The number of likely N-dealkylation sites (tertiary alicyclic amines) is 1. The van der Waals surface area contributed by atoms with Crippen molar-refractivity contribution in [3.05, 3.63) is 20.8 Å². The summed E-state index contributed by atoms with van der Waals surface area (Å²) in [5, 5.41) is 0. The van der Waals surface area contributed by atoms with Gasteiger partial charge in [-0.15, -0.1) is 11.3 Å². The molecule has 0 radical (unpaired) electrons. The number of rotatable bonds is 3. The standard InChI is InChI=1S/C11H10BrNO3S/c12-9-5-4-8(17-9)7(14)6-13-10(15)2-1-3-11(13)16/h4-5H,1-3,6H2. The molecule has 0 saturated carbocycles. The first-order valence-electron chi connectivity index (χ1n) is 5.19. The third-order valence-corrected chi connectivity index (χ3v) is 4.20. The van der Waals surface area contributed by atoms with Crippen molar-refractivity contribution in [2.24, 2.45) is 0 Å². The van der Waals surface area contributed by atoms with E-state index in [1.165, 1.54) is 11.3 Å². The average molecular weight is 316 g/mol. The van der Waals surface area contributed by atoms with E-state index in [1.807, 2.05) is 0 Å². The van der Waals surface area contributed by atoms with Crippen molar-refractivity contribution >= 4 is 44.9 Å². The molecule has 4 nitrogen and oxygen atoms in total. The van der Waals surface area contributed by atoms with Crippen LogP contribution in [-0.4, -0.2) is 29.0 Å². The molecule has 1 fully saturated rings. The van der Waals surface area contributed by atoms with Gasteiger partial charge in [-0.1, -0.05) is 0 Å². The highest BCUT2D eigenvalue weighted by Gasteiger charge is 2.28. The van der Waals surface area contributed by atoms with Gasteiger partial charge in [0.15, 0.2) is 5.78 Å². The zero-order valence-electron chi connectivity index (χ0n) is 8.94. The van der Waals surface area contributed by atoms with Crippen molar-refractivity contribution in [3.63, 3.8) is 0 Å². The van der Waals surface area contributed by atoms with E-state index < -0.39 is 0 Å². The van der Waals surface area contributed by atoms with Crippen LogP contribution >= 0.6 is 27.3 Å². The number of hydrogen-bond acceptors (Lipinski definition) is 4. The van der Waals surface area contributed by atoms with E-state index in [2.05, 4.69) is 15.9 Å². The molecule has 2 heterocycles. The van der Waals surface area contributed by atoms with Crippen molar-refractivity contribution in [2.75, 3.05) is 6.54 Å². The molecule has 1 aromatic rings. The van der Waals surface area contributed by atoms with Gasteiger partial charge in [-0.25, -0.2) is 0 Å². The second-order valence-electron chi connectivity index (χ2n) is 3.75. The number of carbonyl (C=O) groups is 3. The van der Waals surface area contributed by atoms with Gasteiger partial charge in [0.25, 0.3) is 0 Å². The SMILES string of the molecule is O=C(CN1C(=O)CCCC1=O)c1ccc(Br)s1. The fourth-order valence-electron chi connectivity index (χ4n) is 1.66. The summed E-state index contributed by atoms with van der Waals surface area (Å²) >= 11 is 4.57. The molecule has 6 heteroatoms. The van der Waals surface area contributed by atoms with Crippen LogP contribution in [0.15, 0.2) is 15.9 Å². The molecule has 0 aliphatic carbocycles. The number of piperidine rings is 1. The first kappa shape index (κ1) is 12.4. The number of imide groups is 1. The number of amides is 2. The number of halogens is 1. The minimum atomic E-state index is -0.245. The summed E-state index contributed by atoms with van der Waals surface area (Å²) in [7, 11) is 0. The average Bonchev–Trinajstić information content (AvgIpc) is 2.70. The Kier molecular flexibility index (Phi) is 3.73. The highest BCUT2D eigenvalue weighted by molar-refractivity contribution is 9.11. The first-order chi connectivity index (χ1) is 8.08. The number of nitrogens with zero attached hydrogens (tertiary/aromatic N) is 1. The van der Waals surface area contributed by atoms with Gasteiger partial charge in [-0.3, -0.25) is 19.3 Å². The maximum absolute atomic E-state index is 11.9. The number of Topliss-reactive ketones (excluding diaryl/α,β-unsaturated/α-hetero) is 1. The van der Waals surface area contributed by atoms with E-state index in [0.29, 0.717) is 24.1 Å². The molecule has 0 atom stereocenters. The van der Waals surface area contributed by atoms with Crippen LogP contribution in [0.25, 0.3) is 0 Å². The van der Waals surface area contributed by atoms with Crippen molar-refractivity contribution < 1.29 is 14.4 Å². The Morgan fingerprint density at radius 3 is 2.47 bits per heavy atom. The van der Waals surface area contributed by atoms with Gasteiger partial charge in [0, 0.05) is 12.8 Å². The molecular weight excluding hydrogens is 306 g/mol. The number of thiophene rings is 1. The maximum atomic E-state index is 11.9. The van der Waals surface area contributed by atoms with E-state index in [4.69, 9.17) is 0 Å². The van der Waals surface area contributed by atoms with Crippen LogP contribution in [0.3, 0.4) is 0 Å². The maximum Gasteiger partial charge on any atom is 0.229 e. The first-order valence-corrected chi connectivity index (χ1v) is 6.80. The molecule has 2 amide bonds. The molecule has 0 N–H and O–H groups in total.